The summed E-state index contributed by atoms with van der Waals surface area (Å²) < 4.78 is 15.3. The Labute approximate surface area is 207 Å². The van der Waals surface area contributed by atoms with Gasteiger partial charge in [-0.1, -0.05) is 17.8 Å². The molecule has 0 amide bonds. The first kappa shape index (κ1) is 21.9. The summed E-state index contributed by atoms with van der Waals surface area (Å²) in [4.78, 5) is 17.5. The molecule has 0 N–H and O–H groups in total. The number of hydrogen-bond donors (Lipinski definition) is 0. The smallest absolute Gasteiger partial charge is 0.231 e. The summed E-state index contributed by atoms with van der Waals surface area (Å²) in [5.41, 5.74) is 4.81. The molecule has 0 spiro atoms. The summed E-state index contributed by atoms with van der Waals surface area (Å²) >= 11 is 1.45. The summed E-state index contributed by atoms with van der Waals surface area (Å²) in [6.45, 7) is 4.97. The van der Waals surface area contributed by atoms with Crippen molar-refractivity contribution in [2.24, 2.45) is 0 Å². The van der Waals surface area contributed by atoms with Gasteiger partial charge in [0, 0.05) is 47.5 Å². The summed E-state index contributed by atoms with van der Waals surface area (Å²) in [5, 5.41) is 9.63. The number of aromatic nitrogens is 5. The van der Waals surface area contributed by atoms with Crippen molar-refractivity contribution in [1.82, 2.24) is 24.3 Å². The second-order valence-corrected chi connectivity index (χ2v) is 9.86. The number of carbonyl (C=O) groups is 1. The van der Waals surface area contributed by atoms with Crippen molar-refractivity contribution in [3.63, 3.8) is 0 Å². The molecule has 3 aromatic heterocycles. The molecule has 6 rings (SSSR count). The largest absolute Gasteiger partial charge is 0.454 e. The summed E-state index contributed by atoms with van der Waals surface area (Å²) in [5.74, 6) is 2.76. The van der Waals surface area contributed by atoms with E-state index in [1.807, 2.05) is 50.2 Å². The van der Waals surface area contributed by atoms with E-state index in [2.05, 4.69) is 24.3 Å². The average molecular weight is 488 g/mol. The van der Waals surface area contributed by atoms with Gasteiger partial charge in [-0.05, 0) is 62.6 Å². The van der Waals surface area contributed by atoms with Gasteiger partial charge < -0.3 is 14.0 Å². The Morgan fingerprint density at radius 1 is 1.11 bits per heavy atom. The number of carbonyl (C=O) groups excluding carboxylic acids is 1. The Morgan fingerprint density at radius 3 is 2.77 bits per heavy atom. The van der Waals surface area contributed by atoms with Gasteiger partial charge in [0.15, 0.2) is 28.3 Å². The number of benzene rings is 1. The lowest BCUT2D eigenvalue weighted by atomic mass is 10.1. The number of aryl methyl sites for hydroxylation is 1. The molecule has 8 nitrogen and oxygen atoms in total. The fraction of sp³-hybridized carbons (Fsp3) is 0.308. The summed E-state index contributed by atoms with van der Waals surface area (Å²) in [6.07, 6.45) is 5.76. The van der Waals surface area contributed by atoms with E-state index >= 15 is 0 Å². The third kappa shape index (κ3) is 4.20. The number of ketones is 1. The Morgan fingerprint density at radius 2 is 1.97 bits per heavy atom. The summed E-state index contributed by atoms with van der Waals surface area (Å²) in [7, 11) is 0. The van der Waals surface area contributed by atoms with Crippen LogP contribution < -0.4 is 9.47 Å². The van der Waals surface area contributed by atoms with Crippen LogP contribution in [0.15, 0.2) is 53.9 Å². The highest BCUT2D eigenvalue weighted by molar-refractivity contribution is 7.99. The van der Waals surface area contributed by atoms with Gasteiger partial charge >= 0.3 is 0 Å². The van der Waals surface area contributed by atoms with Gasteiger partial charge in [0.25, 0.3) is 0 Å². The van der Waals surface area contributed by atoms with Crippen LogP contribution in [-0.4, -0.2) is 42.6 Å². The lowest BCUT2D eigenvalue weighted by molar-refractivity contribution is 0.102. The first-order chi connectivity index (χ1) is 17.1. The molecule has 178 valence electrons. The van der Waals surface area contributed by atoms with Crippen LogP contribution in [0.4, 0.5) is 0 Å². The van der Waals surface area contributed by atoms with Crippen molar-refractivity contribution >= 4 is 17.5 Å². The molecule has 1 aliphatic heterocycles. The van der Waals surface area contributed by atoms with Gasteiger partial charge in [-0.15, -0.1) is 10.2 Å². The molecule has 0 saturated heterocycles. The standard InChI is InChI=1S/C26H25N5O3S/c1-16-10-21(17(2)30(16)13-18-5-8-23-24(11-18)34-15-33-23)22(32)14-35-26-29-28-25(31(26)20-6-7-20)19-4-3-9-27-12-19/h3-5,8-12,20H,6-7,13-15H2,1-2H3. The maximum Gasteiger partial charge on any atom is 0.231 e. The van der Waals surface area contributed by atoms with E-state index in [9.17, 15) is 4.79 Å². The number of nitrogens with zero attached hydrogens (tertiary/aromatic N) is 5. The fourth-order valence-corrected chi connectivity index (χ4v) is 5.37. The van der Waals surface area contributed by atoms with Crippen LogP contribution in [0.3, 0.4) is 0 Å². The first-order valence-electron chi connectivity index (χ1n) is 11.6. The molecule has 4 aromatic rings. The van der Waals surface area contributed by atoms with E-state index in [0.29, 0.717) is 18.3 Å². The molecular formula is C26H25N5O3S. The molecule has 0 radical (unpaired) electrons. The predicted molar refractivity (Wildman–Crippen MR) is 132 cm³/mol. The van der Waals surface area contributed by atoms with Gasteiger partial charge in [0.05, 0.1) is 5.75 Å². The summed E-state index contributed by atoms with van der Waals surface area (Å²) in [6, 6.07) is 12.2. The lowest BCUT2D eigenvalue weighted by Crippen LogP contribution is -2.08. The van der Waals surface area contributed by atoms with Gasteiger partial charge in [0.2, 0.25) is 6.79 Å². The second kappa shape index (κ2) is 8.88. The number of pyridine rings is 1. The van der Waals surface area contributed by atoms with Crippen LogP contribution >= 0.6 is 11.8 Å². The SMILES string of the molecule is Cc1cc(C(=O)CSc2nnc(-c3cccnc3)n2C2CC2)c(C)n1Cc1ccc2c(c1)OCO2. The van der Waals surface area contributed by atoms with Crippen molar-refractivity contribution < 1.29 is 14.3 Å². The maximum atomic E-state index is 13.2. The average Bonchev–Trinajstić information content (AvgIpc) is 3.33. The molecule has 4 heterocycles. The number of hydrogen-bond acceptors (Lipinski definition) is 7. The molecule has 2 aliphatic rings. The van der Waals surface area contributed by atoms with Gasteiger partial charge in [-0.25, -0.2) is 0 Å². The van der Waals surface area contributed by atoms with E-state index in [0.717, 1.165) is 63.4 Å². The quantitative estimate of drug-likeness (QED) is 0.260. The molecule has 0 bridgehead atoms. The molecule has 9 heteroatoms. The van der Waals surface area contributed by atoms with Gasteiger partial charge in [0.1, 0.15) is 0 Å². The Kier molecular flexibility index (Phi) is 5.56. The molecule has 1 aromatic carbocycles. The Bertz CT molecular complexity index is 1410. The molecule has 35 heavy (non-hydrogen) atoms. The van der Waals surface area contributed by atoms with Crippen LogP contribution in [0.2, 0.25) is 0 Å². The first-order valence-corrected chi connectivity index (χ1v) is 12.6. The normalized spacial score (nSPS) is 14.5. The van der Waals surface area contributed by atoms with Crippen LogP contribution in [0, 0.1) is 13.8 Å². The maximum absolute atomic E-state index is 13.2. The van der Waals surface area contributed by atoms with Crippen molar-refractivity contribution in [3.05, 3.63) is 71.3 Å². The third-order valence-corrected chi connectivity index (χ3v) is 7.42. The molecule has 1 fully saturated rings. The molecule has 1 aliphatic carbocycles. The van der Waals surface area contributed by atoms with Crippen molar-refractivity contribution in [3.8, 4) is 22.9 Å². The topological polar surface area (TPSA) is 84.1 Å². The highest BCUT2D eigenvalue weighted by Gasteiger charge is 2.30. The fourth-order valence-electron chi connectivity index (χ4n) is 4.49. The molecule has 0 atom stereocenters. The number of Topliss-reactive ketones (excluding diaryl/α,β-unsaturated/α-hetero) is 1. The van der Waals surface area contributed by atoms with E-state index in [4.69, 9.17) is 9.47 Å². The van der Waals surface area contributed by atoms with E-state index in [-0.39, 0.29) is 12.6 Å². The van der Waals surface area contributed by atoms with Crippen LogP contribution in [0.25, 0.3) is 11.4 Å². The Balaban J connectivity index is 1.19. The number of thioether (sulfide) groups is 1. The van der Waals surface area contributed by atoms with Crippen LogP contribution in [-0.2, 0) is 6.54 Å². The highest BCUT2D eigenvalue weighted by atomic mass is 32.2. The second-order valence-electron chi connectivity index (χ2n) is 8.92. The molecule has 1 saturated carbocycles. The van der Waals surface area contributed by atoms with E-state index in [1.165, 1.54) is 11.8 Å². The van der Waals surface area contributed by atoms with Crippen molar-refractivity contribution in [1.29, 1.82) is 0 Å². The number of rotatable bonds is 8. The minimum absolute atomic E-state index is 0.0910. The highest BCUT2D eigenvalue weighted by Crippen LogP contribution is 2.41. The van der Waals surface area contributed by atoms with Gasteiger partial charge in [-0.3, -0.25) is 14.3 Å². The lowest BCUT2D eigenvalue weighted by Gasteiger charge is -2.11. The van der Waals surface area contributed by atoms with Crippen LogP contribution in [0.1, 0.15) is 46.2 Å². The van der Waals surface area contributed by atoms with E-state index in [1.54, 1.807) is 12.4 Å². The Hall–Kier alpha value is -3.59. The number of ether oxygens (including phenoxy) is 2. The zero-order chi connectivity index (χ0) is 23.9. The zero-order valence-electron chi connectivity index (χ0n) is 19.6. The van der Waals surface area contributed by atoms with Crippen molar-refractivity contribution in [2.45, 2.75) is 44.4 Å². The third-order valence-electron chi connectivity index (χ3n) is 6.48. The molecule has 0 unspecified atom stereocenters. The van der Waals surface area contributed by atoms with E-state index < -0.39 is 0 Å². The number of fused-ring (bicyclic) bond motifs is 1. The minimum Gasteiger partial charge on any atom is -0.454 e. The molecular weight excluding hydrogens is 462 g/mol. The predicted octanol–water partition coefficient (Wildman–Crippen LogP) is 4.85. The van der Waals surface area contributed by atoms with Crippen molar-refractivity contribution in [2.75, 3.05) is 12.5 Å². The minimum atomic E-state index is 0.0910. The monoisotopic (exact) mass is 487 g/mol. The van der Waals surface area contributed by atoms with Crippen LogP contribution in [0.5, 0.6) is 11.5 Å². The zero-order valence-corrected chi connectivity index (χ0v) is 20.4. The van der Waals surface area contributed by atoms with Gasteiger partial charge in [-0.2, -0.15) is 0 Å².